The van der Waals surface area contributed by atoms with Crippen LogP contribution < -0.4 is 9.62 Å². The average Bonchev–Trinajstić information content (AvgIpc) is 3.07. The smallest absolute Gasteiger partial charge is 0.258 e. The van der Waals surface area contributed by atoms with Crippen molar-refractivity contribution in [1.82, 2.24) is 24.3 Å². The first-order valence-corrected chi connectivity index (χ1v) is 9.10. The fraction of sp³-hybridized carbons (Fsp3) is 0.500. The number of aryl methyl sites for hydroxylation is 3. The topological polar surface area (TPSA) is 102 Å². The summed E-state index contributed by atoms with van der Waals surface area (Å²) in [5.74, 6) is 0.400. The number of sulfonamides is 1. The standard InChI is InChI=1S/C14H20N6O3S/c1-10-9-12(18(2)16-10)20-8-4-5-11(14(20)21)17-24(22,23)13-6-7-15-19(13)3/h6-7,9,11,17H,4-5,8H2,1-3H3/t11-/m1/s1. The molecule has 2 aromatic rings. The second kappa shape index (κ2) is 6.02. The van der Waals surface area contributed by atoms with Gasteiger partial charge in [0.05, 0.1) is 11.9 Å². The Morgan fingerprint density at radius 2 is 2.04 bits per heavy atom. The Labute approximate surface area is 140 Å². The van der Waals surface area contributed by atoms with Crippen molar-refractivity contribution in [1.29, 1.82) is 0 Å². The molecule has 0 radical (unpaired) electrons. The van der Waals surface area contributed by atoms with Gasteiger partial charge in [0, 0.05) is 26.7 Å². The van der Waals surface area contributed by atoms with Crippen LogP contribution in [0.3, 0.4) is 0 Å². The largest absolute Gasteiger partial charge is 0.296 e. The van der Waals surface area contributed by atoms with Crippen molar-refractivity contribution in [2.75, 3.05) is 11.4 Å². The maximum atomic E-state index is 12.8. The molecule has 0 saturated carbocycles. The zero-order chi connectivity index (χ0) is 17.5. The first-order chi connectivity index (χ1) is 11.3. The van der Waals surface area contributed by atoms with Gasteiger partial charge in [0.2, 0.25) is 5.91 Å². The van der Waals surface area contributed by atoms with Gasteiger partial charge in [0.15, 0.2) is 5.03 Å². The van der Waals surface area contributed by atoms with E-state index < -0.39 is 16.1 Å². The summed E-state index contributed by atoms with van der Waals surface area (Å²) in [6, 6.07) is 2.42. The summed E-state index contributed by atoms with van der Waals surface area (Å²) >= 11 is 0. The van der Waals surface area contributed by atoms with E-state index in [0.29, 0.717) is 25.2 Å². The van der Waals surface area contributed by atoms with Crippen LogP contribution in [0.15, 0.2) is 23.4 Å². The molecular formula is C14H20N6O3S. The van der Waals surface area contributed by atoms with E-state index >= 15 is 0 Å². The van der Waals surface area contributed by atoms with Crippen LogP contribution in [0.25, 0.3) is 0 Å². The van der Waals surface area contributed by atoms with Crippen molar-refractivity contribution in [3.63, 3.8) is 0 Å². The Balaban J connectivity index is 1.83. The molecule has 130 valence electrons. The lowest BCUT2D eigenvalue weighted by atomic mass is 10.1. The lowest BCUT2D eigenvalue weighted by Gasteiger charge is -2.32. The molecule has 2 aromatic heterocycles. The van der Waals surface area contributed by atoms with E-state index in [1.165, 1.54) is 16.9 Å². The number of aromatic nitrogens is 4. The summed E-state index contributed by atoms with van der Waals surface area (Å²) in [5.41, 5.74) is 0.804. The minimum absolute atomic E-state index is 0.0313. The van der Waals surface area contributed by atoms with Gasteiger partial charge in [-0.1, -0.05) is 0 Å². The van der Waals surface area contributed by atoms with Crippen LogP contribution >= 0.6 is 0 Å². The van der Waals surface area contributed by atoms with Crippen LogP contribution in [0.4, 0.5) is 5.82 Å². The van der Waals surface area contributed by atoms with Crippen LogP contribution in [-0.4, -0.2) is 46.5 Å². The SMILES string of the molecule is Cc1cc(N2CCC[C@@H](NS(=O)(=O)c3ccnn3C)C2=O)n(C)n1. The maximum Gasteiger partial charge on any atom is 0.258 e. The zero-order valence-electron chi connectivity index (χ0n) is 13.8. The van der Waals surface area contributed by atoms with Gasteiger partial charge in [0.1, 0.15) is 11.9 Å². The average molecular weight is 352 g/mol. The molecule has 3 heterocycles. The lowest BCUT2D eigenvalue weighted by Crippen LogP contribution is -2.53. The highest BCUT2D eigenvalue weighted by Crippen LogP contribution is 2.22. The minimum Gasteiger partial charge on any atom is -0.296 e. The Bertz CT molecular complexity index is 869. The third-order valence-electron chi connectivity index (χ3n) is 4.04. The highest BCUT2D eigenvalue weighted by molar-refractivity contribution is 7.89. The van der Waals surface area contributed by atoms with Crippen LogP contribution in [-0.2, 0) is 28.9 Å². The Kier molecular flexibility index (Phi) is 4.18. The van der Waals surface area contributed by atoms with Crippen molar-refractivity contribution in [3.8, 4) is 0 Å². The van der Waals surface area contributed by atoms with Gasteiger partial charge in [-0.2, -0.15) is 14.9 Å². The summed E-state index contributed by atoms with van der Waals surface area (Å²) in [5, 5.41) is 8.14. The summed E-state index contributed by atoms with van der Waals surface area (Å²) in [4.78, 5) is 14.3. The number of carbonyl (C=O) groups excluding carboxylic acids is 1. The van der Waals surface area contributed by atoms with Crippen LogP contribution in [0.2, 0.25) is 0 Å². The summed E-state index contributed by atoms with van der Waals surface area (Å²) < 4.78 is 30.4. The highest BCUT2D eigenvalue weighted by Gasteiger charge is 2.35. The number of hydrogen-bond acceptors (Lipinski definition) is 5. The minimum atomic E-state index is -3.81. The third-order valence-corrected chi connectivity index (χ3v) is 5.59. The number of rotatable bonds is 4. The second-order valence-electron chi connectivity index (χ2n) is 5.87. The van der Waals surface area contributed by atoms with Crippen LogP contribution in [0.5, 0.6) is 0 Å². The van der Waals surface area contributed by atoms with Crippen molar-refractivity contribution in [2.24, 2.45) is 14.1 Å². The molecular weight excluding hydrogens is 332 g/mol. The number of carbonyl (C=O) groups is 1. The van der Waals surface area contributed by atoms with Gasteiger partial charge in [-0.3, -0.25) is 19.1 Å². The number of hydrogen-bond donors (Lipinski definition) is 1. The molecule has 1 aliphatic rings. The molecule has 1 N–H and O–H groups in total. The molecule has 9 nitrogen and oxygen atoms in total. The van der Waals surface area contributed by atoms with Gasteiger partial charge in [-0.05, 0) is 25.8 Å². The zero-order valence-corrected chi connectivity index (χ0v) is 14.6. The quantitative estimate of drug-likeness (QED) is 0.830. The first kappa shape index (κ1) is 16.7. The summed E-state index contributed by atoms with van der Waals surface area (Å²) in [6.07, 6.45) is 2.57. The molecule has 0 spiro atoms. The highest BCUT2D eigenvalue weighted by atomic mass is 32.2. The molecule has 1 amide bonds. The Morgan fingerprint density at radius 3 is 2.62 bits per heavy atom. The third kappa shape index (κ3) is 2.94. The molecule has 0 unspecified atom stereocenters. The molecule has 1 atom stereocenters. The molecule has 0 aliphatic carbocycles. The van der Waals surface area contributed by atoms with E-state index in [0.717, 1.165) is 5.69 Å². The van der Waals surface area contributed by atoms with E-state index in [1.807, 2.05) is 13.0 Å². The number of nitrogens with zero attached hydrogens (tertiary/aromatic N) is 5. The second-order valence-corrected chi connectivity index (χ2v) is 7.53. The van der Waals surface area contributed by atoms with Crippen molar-refractivity contribution < 1.29 is 13.2 Å². The molecule has 1 aliphatic heterocycles. The summed E-state index contributed by atoms with van der Waals surface area (Å²) in [6.45, 7) is 2.39. The van der Waals surface area contributed by atoms with E-state index in [2.05, 4.69) is 14.9 Å². The Hall–Kier alpha value is -2.20. The van der Waals surface area contributed by atoms with Crippen molar-refractivity contribution in [3.05, 3.63) is 24.0 Å². The summed E-state index contributed by atoms with van der Waals surface area (Å²) in [7, 11) is -0.504. The van der Waals surface area contributed by atoms with Gasteiger partial charge < -0.3 is 0 Å². The monoisotopic (exact) mass is 352 g/mol. The van der Waals surface area contributed by atoms with Crippen molar-refractivity contribution in [2.45, 2.75) is 30.8 Å². The van der Waals surface area contributed by atoms with Crippen molar-refractivity contribution >= 4 is 21.7 Å². The number of anilines is 1. The van der Waals surface area contributed by atoms with Crippen LogP contribution in [0.1, 0.15) is 18.5 Å². The molecule has 1 saturated heterocycles. The van der Waals surface area contributed by atoms with E-state index in [9.17, 15) is 13.2 Å². The van der Waals surface area contributed by atoms with E-state index in [4.69, 9.17) is 0 Å². The van der Waals surface area contributed by atoms with Gasteiger partial charge in [-0.25, -0.2) is 8.42 Å². The predicted octanol–water partition coefficient (Wildman–Crippen LogP) is -0.0641. The molecule has 24 heavy (non-hydrogen) atoms. The number of nitrogens with one attached hydrogen (secondary N) is 1. The molecule has 10 heteroatoms. The number of piperidine rings is 1. The lowest BCUT2D eigenvalue weighted by molar-refractivity contribution is -0.121. The molecule has 0 bridgehead atoms. The van der Waals surface area contributed by atoms with E-state index in [-0.39, 0.29) is 10.9 Å². The molecule has 3 rings (SSSR count). The van der Waals surface area contributed by atoms with E-state index in [1.54, 1.807) is 23.7 Å². The fourth-order valence-corrected chi connectivity index (χ4v) is 4.28. The first-order valence-electron chi connectivity index (χ1n) is 7.62. The van der Waals surface area contributed by atoms with Gasteiger partial charge in [-0.15, -0.1) is 0 Å². The van der Waals surface area contributed by atoms with Gasteiger partial charge >= 0.3 is 0 Å². The molecule has 1 fully saturated rings. The predicted molar refractivity (Wildman–Crippen MR) is 86.8 cm³/mol. The maximum absolute atomic E-state index is 12.8. The van der Waals surface area contributed by atoms with Crippen LogP contribution in [0, 0.1) is 6.92 Å². The Morgan fingerprint density at radius 1 is 1.29 bits per heavy atom. The normalized spacial score (nSPS) is 19.0. The van der Waals surface area contributed by atoms with Gasteiger partial charge in [0.25, 0.3) is 10.0 Å². The number of amides is 1. The molecule has 0 aromatic carbocycles. The fourth-order valence-electron chi connectivity index (χ4n) is 2.93.